The molecule has 0 unspecified atom stereocenters. The summed E-state index contributed by atoms with van der Waals surface area (Å²) in [6, 6.07) is 55.8. The molecule has 0 bridgehead atoms. The molecular formula is C42H50O2Si3. The van der Waals surface area contributed by atoms with Crippen molar-refractivity contribution >= 4 is 50.9 Å². The summed E-state index contributed by atoms with van der Waals surface area (Å²) in [5, 5.41) is 6.59. The number of rotatable bonds is 12. The first-order valence-corrected chi connectivity index (χ1v) is 24.5. The fourth-order valence-electron chi connectivity index (χ4n) is 8.23. The van der Waals surface area contributed by atoms with E-state index in [4.69, 9.17) is 8.54 Å². The van der Waals surface area contributed by atoms with Crippen LogP contribution in [0.4, 0.5) is 0 Å². The predicted molar refractivity (Wildman–Crippen MR) is 207 cm³/mol. The van der Waals surface area contributed by atoms with Crippen LogP contribution in [0.2, 0.25) is 24.2 Å². The van der Waals surface area contributed by atoms with Gasteiger partial charge in [-0.25, -0.2) is 0 Å². The van der Waals surface area contributed by atoms with E-state index in [0.717, 1.165) is 0 Å². The summed E-state index contributed by atoms with van der Waals surface area (Å²) in [4.78, 5) is 0. The molecule has 0 spiro atoms. The number of hydrogen-bond donors (Lipinski definition) is 0. The van der Waals surface area contributed by atoms with Gasteiger partial charge >= 0.3 is 8.56 Å². The fraction of sp³-hybridized carbons (Fsp3) is 0.286. The first-order chi connectivity index (χ1) is 22.9. The molecule has 1 aliphatic rings. The Labute approximate surface area is 286 Å². The van der Waals surface area contributed by atoms with Gasteiger partial charge < -0.3 is 8.54 Å². The van der Waals surface area contributed by atoms with E-state index in [1.165, 1.54) is 58.0 Å². The van der Waals surface area contributed by atoms with Gasteiger partial charge in [0.1, 0.15) is 0 Å². The fourth-order valence-corrected chi connectivity index (χ4v) is 24.8. The Hall–Kier alpha value is -3.33. The molecule has 1 fully saturated rings. The van der Waals surface area contributed by atoms with Crippen LogP contribution in [0.25, 0.3) is 0 Å². The van der Waals surface area contributed by atoms with Crippen LogP contribution in [-0.2, 0) is 8.54 Å². The summed E-state index contributed by atoms with van der Waals surface area (Å²) >= 11 is 0. The first-order valence-electron chi connectivity index (χ1n) is 17.6. The minimum absolute atomic E-state index is 0.00503. The lowest BCUT2D eigenvalue weighted by Gasteiger charge is -2.57. The Morgan fingerprint density at radius 3 is 1.45 bits per heavy atom. The lowest BCUT2D eigenvalue weighted by molar-refractivity contribution is 0.135. The Morgan fingerprint density at radius 1 is 0.574 bits per heavy atom. The van der Waals surface area contributed by atoms with Crippen molar-refractivity contribution in [3.8, 4) is 0 Å². The summed E-state index contributed by atoms with van der Waals surface area (Å²) in [6.07, 6.45) is 6.22. The molecule has 5 aromatic carbocycles. The Morgan fingerprint density at radius 2 is 1.00 bits per heavy atom. The van der Waals surface area contributed by atoms with Crippen molar-refractivity contribution in [1.82, 2.24) is 0 Å². The van der Waals surface area contributed by atoms with Crippen LogP contribution >= 0.6 is 0 Å². The average Bonchev–Trinajstić information content (AvgIpc) is 3.13. The van der Waals surface area contributed by atoms with Crippen LogP contribution in [-0.4, -0.2) is 31.1 Å². The normalized spacial score (nSPS) is 19.6. The second-order valence-electron chi connectivity index (χ2n) is 13.8. The smallest absolute Gasteiger partial charge is 0.397 e. The maximum Gasteiger partial charge on any atom is 0.397 e. The summed E-state index contributed by atoms with van der Waals surface area (Å²) in [6.45, 7) is 9.93. The lowest BCUT2D eigenvalue weighted by atomic mass is 10.1. The van der Waals surface area contributed by atoms with Gasteiger partial charge in [-0.3, -0.25) is 0 Å². The summed E-state index contributed by atoms with van der Waals surface area (Å²) in [7, 11) is -8.29. The van der Waals surface area contributed by atoms with E-state index in [2.05, 4.69) is 179 Å². The highest BCUT2D eigenvalue weighted by Gasteiger charge is 2.65. The second-order valence-corrected chi connectivity index (χ2v) is 25.3. The van der Waals surface area contributed by atoms with Gasteiger partial charge in [0.25, 0.3) is 8.32 Å². The third-order valence-corrected chi connectivity index (χ3v) is 24.8. The molecule has 5 aromatic rings. The molecule has 2 nitrogen and oxygen atoms in total. The third kappa shape index (κ3) is 6.57. The Balaban J connectivity index is 1.65. The van der Waals surface area contributed by atoms with E-state index < -0.39 is 25.0 Å². The number of benzene rings is 5. The quantitative estimate of drug-likeness (QED) is 0.0998. The number of hydrogen-bond acceptors (Lipinski definition) is 2. The van der Waals surface area contributed by atoms with Gasteiger partial charge in [-0.15, -0.1) is 0 Å². The first kappa shape index (κ1) is 33.6. The maximum atomic E-state index is 8.31. The highest BCUT2D eigenvalue weighted by Crippen LogP contribution is 2.51. The molecule has 0 radical (unpaired) electrons. The molecule has 1 saturated heterocycles. The average molecular weight is 671 g/mol. The lowest BCUT2D eigenvalue weighted by Crippen LogP contribution is -2.81. The third-order valence-electron chi connectivity index (χ3n) is 10.6. The van der Waals surface area contributed by atoms with Crippen LogP contribution in [0.1, 0.15) is 46.0 Å². The van der Waals surface area contributed by atoms with Crippen LogP contribution < -0.4 is 25.9 Å². The molecule has 242 valence electrons. The molecule has 5 heteroatoms. The molecule has 6 rings (SSSR count). The maximum absolute atomic E-state index is 8.31. The van der Waals surface area contributed by atoms with E-state index in [-0.39, 0.29) is 11.6 Å². The molecule has 3 atom stereocenters. The van der Waals surface area contributed by atoms with Gasteiger partial charge in [0, 0.05) is 11.6 Å². The van der Waals surface area contributed by atoms with Crippen LogP contribution in [0.3, 0.4) is 0 Å². The molecular weight excluding hydrogens is 621 g/mol. The van der Waals surface area contributed by atoms with Gasteiger partial charge in [0.05, 0.1) is 8.07 Å². The van der Waals surface area contributed by atoms with E-state index in [1.54, 1.807) is 0 Å². The van der Waals surface area contributed by atoms with Gasteiger partial charge in [0.15, 0.2) is 0 Å². The van der Waals surface area contributed by atoms with E-state index >= 15 is 0 Å². The zero-order chi connectivity index (χ0) is 32.7. The van der Waals surface area contributed by atoms with Crippen LogP contribution in [0.15, 0.2) is 152 Å². The monoisotopic (exact) mass is 670 g/mol. The highest BCUT2D eigenvalue weighted by molar-refractivity contribution is 7.09. The second kappa shape index (κ2) is 14.8. The standard InChI is InChI=1S/C42H50O2Si3/c1-5-6-7-23-34-41(45(3,4)36-24-13-8-14-25-36)42-35(2)43-47(39-30-19-11-20-31-39,40-32-21-12-22-33-40)44-46(42,37-26-15-9-16-27-37)38-28-17-10-18-29-38/h8-22,24-33,35,41-42H,5-7,23,34H2,1-4H3/t35-,41+,42+/m1/s1. The zero-order valence-electron chi connectivity index (χ0n) is 28.5. The van der Waals surface area contributed by atoms with Crippen molar-refractivity contribution < 1.29 is 8.54 Å². The van der Waals surface area contributed by atoms with E-state index in [1.807, 2.05) is 0 Å². The number of unbranched alkanes of at least 4 members (excludes halogenated alkanes) is 3. The highest BCUT2D eigenvalue weighted by atomic mass is 28.4. The largest absolute Gasteiger partial charge is 0.421 e. The molecule has 0 amide bonds. The molecule has 0 aromatic heterocycles. The summed E-state index contributed by atoms with van der Waals surface area (Å²) < 4.78 is 16.0. The zero-order valence-corrected chi connectivity index (χ0v) is 31.5. The molecule has 47 heavy (non-hydrogen) atoms. The Kier molecular flexibility index (Phi) is 10.6. The molecule has 1 heterocycles. The van der Waals surface area contributed by atoms with E-state index in [0.29, 0.717) is 5.54 Å². The SMILES string of the molecule is CCCCCC[C@@H]([C@@H]1[C@@H](C)O[Si](c2ccccc2)(c2ccccc2)O[Si]1(c1ccccc1)c1ccccc1)[Si](C)(C)c1ccccc1. The topological polar surface area (TPSA) is 18.5 Å². The van der Waals surface area contributed by atoms with Crippen molar-refractivity contribution in [1.29, 1.82) is 0 Å². The van der Waals surface area contributed by atoms with Gasteiger partial charge in [-0.05, 0) is 33.2 Å². The van der Waals surface area contributed by atoms with Crippen molar-refractivity contribution in [3.05, 3.63) is 152 Å². The van der Waals surface area contributed by atoms with Gasteiger partial charge in [-0.2, -0.15) is 0 Å². The van der Waals surface area contributed by atoms with Crippen molar-refractivity contribution in [2.24, 2.45) is 0 Å². The summed E-state index contributed by atoms with van der Waals surface area (Å²) in [5.41, 5.74) is 0.686. The molecule has 0 aliphatic carbocycles. The van der Waals surface area contributed by atoms with Gasteiger partial charge in [0.2, 0.25) is 0 Å². The van der Waals surface area contributed by atoms with E-state index in [9.17, 15) is 0 Å². The van der Waals surface area contributed by atoms with Crippen molar-refractivity contribution in [2.75, 3.05) is 0 Å². The Bertz CT molecular complexity index is 1590. The van der Waals surface area contributed by atoms with Crippen LogP contribution in [0, 0.1) is 0 Å². The predicted octanol–water partition coefficient (Wildman–Crippen LogP) is 7.76. The summed E-state index contributed by atoms with van der Waals surface area (Å²) in [5.74, 6) is 0. The molecule has 1 aliphatic heterocycles. The minimum Gasteiger partial charge on any atom is -0.421 e. The minimum atomic E-state index is -3.19. The molecule has 0 saturated carbocycles. The van der Waals surface area contributed by atoms with Crippen LogP contribution in [0.5, 0.6) is 0 Å². The van der Waals surface area contributed by atoms with Gasteiger partial charge in [-0.1, -0.05) is 209 Å². The van der Waals surface area contributed by atoms with Crippen molar-refractivity contribution in [2.45, 2.75) is 76.2 Å². The molecule has 0 N–H and O–H groups in total. The van der Waals surface area contributed by atoms with Crippen molar-refractivity contribution in [3.63, 3.8) is 0 Å².